The number of thiazole rings is 2. The highest BCUT2D eigenvalue weighted by Gasteiger charge is 2.26. The maximum absolute atomic E-state index is 9.91. The van der Waals surface area contributed by atoms with Crippen LogP contribution in [-0.4, -0.2) is 63.0 Å². The lowest BCUT2D eigenvalue weighted by molar-refractivity contribution is 0.366. The maximum Gasteiger partial charge on any atom is 0.225 e. The normalized spacial score (nSPS) is 14.0. The van der Waals surface area contributed by atoms with E-state index in [2.05, 4.69) is 68.6 Å². The van der Waals surface area contributed by atoms with Gasteiger partial charge >= 0.3 is 0 Å². The van der Waals surface area contributed by atoms with Crippen molar-refractivity contribution in [2.75, 3.05) is 23.3 Å². The van der Waals surface area contributed by atoms with E-state index in [0.717, 1.165) is 73.1 Å². The Labute approximate surface area is 346 Å². The molecule has 1 aliphatic rings. The van der Waals surface area contributed by atoms with Gasteiger partial charge in [0.2, 0.25) is 11.9 Å². The Morgan fingerprint density at radius 3 is 1.90 bits per heavy atom. The number of para-hydroxylation sites is 3. The molecule has 59 heavy (non-hydrogen) atoms. The van der Waals surface area contributed by atoms with E-state index in [1.54, 1.807) is 36.0 Å². The van der Waals surface area contributed by atoms with Crippen molar-refractivity contribution in [2.24, 2.45) is 0 Å². The molecule has 1 saturated heterocycles. The van der Waals surface area contributed by atoms with Crippen LogP contribution >= 0.6 is 22.7 Å². The third kappa shape index (κ3) is 8.13. The van der Waals surface area contributed by atoms with E-state index >= 15 is 0 Å². The number of nitrogens with zero attached hydrogens (tertiary/aromatic N) is 13. The fourth-order valence-electron chi connectivity index (χ4n) is 6.96. The molecule has 9 aromatic rings. The summed E-state index contributed by atoms with van der Waals surface area (Å²) >= 11 is 3.06. The Kier molecular flexibility index (Phi) is 10.8. The number of anilines is 2. The predicted molar refractivity (Wildman–Crippen MR) is 228 cm³/mol. The van der Waals surface area contributed by atoms with Crippen LogP contribution in [0.15, 0.2) is 122 Å². The second kappa shape index (κ2) is 17.1. The highest BCUT2D eigenvalue weighted by molar-refractivity contribution is 7.19. The molecule has 0 aliphatic carbocycles. The highest BCUT2D eigenvalue weighted by atomic mass is 32.1. The molecule has 3 aromatic carbocycles. The number of pyridine rings is 1. The van der Waals surface area contributed by atoms with Gasteiger partial charge in [0.05, 0.1) is 67.8 Å². The molecule has 1 N–H and O–H groups in total. The Morgan fingerprint density at radius 2 is 1.25 bits per heavy atom. The molecule has 7 heterocycles. The van der Waals surface area contributed by atoms with Gasteiger partial charge in [0.1, 0.15) is 27.4 Å². The number of nitrogens with one attached hydrogen (secondary N) is 1. The summed E-state index contributed by atoms with van der Waals surface area (Å²) in [7, 11) is 0. The summed E-state index contributed by atoms with van der Waals surface area (Å²) in [5, 5.41) is 32.9. The third-order valence-electron chi connectivity index (χ3n) is 9.93. The molecule has 288 valence electrons. The van der Waals surface area contributed by atoms with Crippen LogP contribution in [0.2, 0.25) is 0 Å². The Morgan fingerprint density at radius 1 is 0.644 bits per heavy atom. The van der Waals surface area contributed by atoms with Gasteiger partial charge in [-0.15, -0.1) is 27.8 Å². The summed E-state index contributed by atoms with van der Waals surface area (Å²) < 4.78 is 4.18. The fourth-order valence-corrected chi connectivity index (χ4v) is 9.01. The summed E-state index contributed by atoms with van der Waals surface area (Å²) in [5.74, 6) is 0.0966. The van der Waals surface area contributed by atoms with Crippen LogP contribution in [0.4, 0.5) is 11.9 Å². The first-order chi connectivity index (χ1) is 29.1. The molecule has 0 radical (unpaired) electrons. The Hall–Kier alpha value is -7.27. The van der Waals surface area contributed by atoms with Crippen molar-refractivity contribution in [3.8, 4) is 12.1 Å². The van der Waals surface area contributed by atoms with Crippen molar-refractivity contribution in [1.82, 2.24) is 49.9 Å². The molecular formula is C43H34N14S2. The summed E-state index contributed by atoms with van der Waals surface area (Å²) in [6.45, 7) is 2.16. The molecule has 0 spiro atoms. The lowest BCUT2D eigenvalue weighted by Crippen LogP contribution is -2.36. The van der Waals surface area contributed by atoms with Gasteiger partial charge in [0.25, 0.3) is 0 Å². The second-order valence-corrected chi connectivity index (χ2v) is 15.8. The van der Waals surface area contributed by atoms with Gasteiger partial charge in [-0.2, -0.15) is 10.5 Å². The summed E-state index contributed by atoms with van der Waals surface area (Å²) in [6.07, 6.45) is 7.00. The largest absolute Gasteiger partial charge is 0.349 e. The van der Waals surface area contributed by atoms with E-state index < -0.39 is 11.8 Å². The minimum absolute atomic E-state index is 0.298. The maximum atomic E-state index is 9.91. The zero-order valence-electron chi connectivity index (χ0n) is 31.4. The molecule has 10 rings (SSSR count). The molecular weight excluding hydrogens is 777 g/mol. The molecule has 14 nitrogen and oxygen atoms in total. The SMILES string of the molecule is N#CC(c1ccnc(N2CCC(n3nnc4ccccc43)CC2)n1)c1nc2ccccc2s1.N#CC(c1ccnc(NCc2ccccn2)n1)c1nc2ccccc2s1. The first kappa shape index (κ1) is 37.3. The molecule has 2 atom stereocenters. The van der Waals surface area contributed by atoms with Crippen LogP contribution in [0.25, 0.3) is 31.5 Å². The summed E-state index contributed by atoms with van der Waals surface area (Å²) in [5.41, 5.74) is 6.01. The van der Waals surface area contributed by atoms with E-state index in [4.69, 9.17) is 4.98 Å². The van der Waals surface area contributed by atoms with Crippen molar-refractivity contribution < 1.29 is 0 Å². The van der Waals surface area contributed by atoms with Gasteiger partial charge in [-0.3, -0.25) is 4.98 Å². The third-order valence-corrected chi connectivity index (χ3v) is 12.1. The number of rotatable bonds is 9. The van der Waals surface area contributed by atoms with Crippen molar-refractivity contribution in [1.29, 1.82) is 10.5 Å². The minimum atomic E-state index is -0.522. The number of benzene rings is 3. The quantitative estimate of drug-likeness (QED) is 0.148. The van der Waals surface area contributed by atoms with Crippen LogP contribution in [0.5, 0.6) is 0 Å². The monoisotopic (exact) mass is 810 g/mol. The molecule has 0 saturated carbocycles. The van der Waals surface area contributed by atoms with Crippen LogP contribution in [-0.2, 0) is 6.54 Å². The molecule has 1 fully saturated rings. The average molecular weight is 811 g/mol. The number of hydrogen-bond acceptors (Lipinski definition) is 15. The fraction of sp³-hybridized carbons (Fsp3) is 0.186. The standard InChI is InChI=1S/C24H20N8S.C19H14N6S/c25-15-17(23-27-20-6-2-4-8-22(20)33-23)18-9-12-26-24(28-18)31-13-10-16(11-14-31)32-21-7-3-1-5-19(21)29-30-32;20-11-14(18-24-16-6-1-2-7-17(16)26-18)15-8-10-22-19(25-15)23-12-13-5-3-4-9-21-13/h1-9,12,16-17H,10-11,13-14H2;1-10,14H,12H2,(H,22,23,25). The molecule has 0 amide bonds. The van der Waals surface area contributed by atoms with Crippen molar-refractivity contribution in [3.05, 3.63) is 149 Å². The number of fused-ring (bicyclic) bond motifs is 3. The second-order valence-electron chi connectivity index (χ2n) is 13.7. The van der Waals surface area contributed by atoms with E-state index in [1.807, 2.05) is 95.7 Å². The Balaban J connectivity index is 0.000000157. The van der Waals surface area contributed by atoms with Crippen LogP contribution in [0.1, 0.15) is 57.8 Å². The first-order valence-corrected chi connectivity index (χ1v) is 20.6. The highest BCUT2D eigenvalue weighted by Crippen LogP contribution is 2.33. The molecule has 1 aliphatic heterocycles. The van der Waals surface area contributed by atoms with Gasteiger partial charge in [-0.1, -0.05) is 47.7 Å². The van der Waals surface area contributed by atoms with Crippen molar-refractivity contribution >= 4 is 66.0 Å². The van der Waals surface area contributed by atoms with Gasteiger partial charge in [-0.25, -0.2) is 34.6 Å². The number of nitriles is 2. The topological polar surface area (TPSA) is 184 Å². The smallest absolute Gasteiger partial charge is 0.225 e. The molecule has 6 aromatic heterocycles. The first-order valence-electron chi connectivity index (χ1n) is 19.0. The molecule has 0 bridgehead atoms. The van der Waals surface area contributed by atoms with Crippen molar-refractivity contribution in [3.63, 3.8) is 0 Å². The van der Waals surface area contributed by atoms with Gasteiger partial charge in [0, 0.05) is 31.7 Å². The van der Waals surface area contributed by atoms with E-state index in [1.165, 1.54) is 11.3 Å². The summed E-state index contributed by atoms with van der Waals surface area (Å²) in [4.78, 5) is 33.7. The Bertz CT molecular complexity index is 2870. The molecule has 16 heteroatoms. The number of hydrogen-bond donors (Lipinski definition) is 1. The van der Waals surface area contributed by atoms with Crippen LogP contribution in [0.3, 0.4) is 0 Å². The van der Waals surface area contributed by atoms with E-state index in [-0.39, 0.29) is 0 Å². The van der Waals surface area contributed by atoms with Gasteiger partial charge in [0.15, 0.2) is 0 Å². The zero-order chi connectivity index (χ0) is 40.0. The lowest BCUT2D eigenvalue weighted by atomic mass is 10.1. The number of piperidine rings is 1. The van der Waals surface area contributed by atoms with Gasteiger partial charge in [-0.05, 0) is 73.5 Å². The van der Waals surface area contributed by atoms with E-state index in [0.29, 0.717) is 35.9 Å². The van der Waals surface area contributed by atoms with Crippen molar-refractivity contribution in [2.45, 2.75) is 37.3 Å². The van der Waals surface area contributed by atoms with Crippen LogP contribution < -0.4 is 10.2 Å². The molecule has 2 unspecified atom stereocenters. The van der Waals surface area contributed by atoms with Crippen LogP contribution in [0, 0.1) is 22.7 Å². The predicted octanol–water partition coefficient (Wildman–Crippen LogP) is 8.08. The zero-order valence-corrected chi connectivity index (χ0v) is 33.1. The average Bonchev–Trinajstić information content (AvgIpc) is 4.05. The summed E-state index contributed by atoms with van der Waals surface area (Å²) in [6, 6.07) is 38.2. The van der Waals surface area contributed by atoms with E-state index in [9.17, 15) is 10.5 Å². The lowest BCUT2D eigenvalue weighted by Gasteiger charge is -2.32. The minimum Gasteiger partial charge on any atom is -0.349 e. The van der Waals surface area contributed by atoms with Gasteiger partial charge < -0.3 is 10.2 Å². The number of aromatic nitrogens is 10.